The molecule has 0 radical (unpaired) electrons. The number of thiophene rings is 1. The first kappa shape index (κ1) is 11.0. The number of hydrogen-bond acceptors (Lipinski definition) is 2. The van der Waals surface area contributed by atoms with E-state index in [1.165, 1.54) is 25.0 Å². The zero-order valence-electron chi connectivity index (χ0n) is 7.51. The van der Waals surface area contributed by atoms with E-state index in [-0.39, 0.29) is 0 Å². The van der Waals surface area contributed by atoms with E-state index in [0.717, 1.165) is 5.33 Å². The van der Waals surface area contributed by atoms with Gasteiger partial charge in [0.25, 0.3) is 0 Å². The van der Waals surface area contributed by atoms with Crippen LogP contribution in [0.1, 0.15) is 5.56 Å². The van der Waals surface area contributed by atoms with E-state index in [1.54, 1.807) is 0 Å². The second-order valence-corrected chi connectivity index (χ2v) is 5.99. The summed E-state index contributed by atoms with van der Waals surface area (Å²) in [5.41, 5.74) is 1.35. The molecule has 2 aromatic rings. The van der Waals surface area contributed by atoms with Gasteiger partial charge in [-0.15, -0.1) is 23.1 Å². The molecule has 0 saturated heterocycles. The third-order valence-corrected chi connectivity index (χ3v) is 5.29. The van der Waals surface area contributed by atoms with Crippen LogP contribution in [0.3, 0.4) is 0 Å². The van der Waals surface area contributed by atoms with Gasteiger partial charge in [0.15, 0.2) is 0 Å². The first-order valence-corrected chi connectivity index (χ1v) is 8.08. The summed E-state index contributed by atoms with van der Waals surface area (Å²) in [5, 5.41) is 4.38. The van der Waals surface area contributed by atoms with E-state index in [1.807, 2.05) is 23.1 Å². The molecular weight excluding hydrogens is 344 g/mol. The monoisotopic (exact) mass is 350 g/mol. The van der Waals surface area contributed by atoms with Crippen LogP contribution in [-0.2, 0) is 5.33 Å². The van der Waals surface area contributed by atoms with Crippen LogP contribution in [0.2, 0.25) is 0 Å². The molecule has 0 N–H and O–H groups in total. The van der Waals surface area contributed by atoms with Crippen molar-refractivity contribution in [2.75, 3.05) is 6.26 Å². The first-order chi connectivity index (χ1) is 6.77. The smallest absolute Gasteiger partial charge is 0.0482 e. The maximum absolute atomic E-state index is 3.62. The summed E-state index contributed by atoms with van der Waals surface area (Å²) in [6, 6.07) is 4.37. The molecule has 0 fully saturated rings. The molecule has 14 heavy (non-hydrogen) atoms. The lowest BCUT2D eigenvalue weighted by atomic mass is 10.2. The fraction of sp³-hybridized carbons (Fsp3) is 0.200. The second kappa shape index (κ2) is 4.56. The number of thioether (sulfide) groups is 1. The average molecular weight is 352 g/mol. The summed E-state index contributed by atoms with van der Waals surface area (Å²) in [6.07, 6.45) is 2.13. The Labute approximate surface area is 108 Å². The Balaban J connectivity index is 2.82. The SMILES string of the molecule is CSc1c(CBr)c(Br)cc2ccsc12. The highest BCUT2D eigenvalue weighted by Crippen LogP contribution is 2.39. The Morgan fingerprint density at radius 2 is 2.29 bits per heavy atom. The van der Waals surface area contributed by atoms with E-state index in [4.69, 9.17) is 0 Å². The van der Waals surface area contributed by atoms with Gasteiger partial charge in [-0.25, -0.2) is 0 Å². The Morgan fingerprint density at radius 3 is 2.93 bits per heavy atom. The van der Waals surface area contributed by atoms with Crippen molar-refractivity contribution < 1.29 is 0 Å². The molecule has 1 heterocycles. The van der Waals surface area contributed by atoms with Gasteiger partial charge in [-0.2, -0.15) is 0 Å². The second-order valence-electron chi connectivity index (χ2n) is 2.84. The Morgan fingerprint density at radius 1 is 1.50 bits per heavy atom. The molecule has 0 saturated carbocycles. The van der Waals surface area contributed by atoms with Crippen molar-refractivity contribution in [3.05, 3.63) is 27.5 Å². The van der Waals surface area contributed by atoms with E-state index >= 15 is 0 Å². The largest absolute Gasteiger partial charge is 0.143 e. The fourth-order valence-corrected chi connectivity index (χ4v) is 5.26. The topological polar surface area (TPSA) is 0 Å². The van der Waals surface area contributed by atoms with Gasteiger partial charge in [0.2, 0.25) is 0 Å². The molecule has 1 aromatic carbocycles. The summed E-state index contributed by atoms with van der Waals surface area (Å²) in [5.74, 6) is 0. The third kappa shape index (κ3) is 1.77. The minimum atomic E-state index is 0.900. The highest BCUT2D eigenvalue weighted by Gasteiger charge is 2.11. The Bertz CT molecular complexity index is 462. The lowest BCUT2D eigenvalue weighted by Gasteiger charge is -2.08. The van der Waals surface area contributed by atoms with Crippen molar-refractivity contribution in [1.29, 1.82) is 0 Å². The van der Waals surface area contributed by atoms with Crippen LogP contribution in [0.25, 0.3) is 10.1 Å². The van der Waals surface area contributed by atoms with Crippen LogP contribution in [-0.4, -0.2) is 6.26 Å². The van der Waals surface area contributed by atoms with Gasteiger partial charge in [-0.1, -0.05) is 31.9 Å². The first-order valence-electron chi connectivity index (χ1n) is 4.06. The van der Waals surface area contributed by atoms with Gasteiger partial charge < -0.3 is 0 Å². The number of benzene rings is 1. The molecule has 74 valence electrons. The van der Waals surface area contributed by atoms with Gasteiger partial charge in [0.05, 0.1) is 0 Å². The van der Waals surface area contributed by atoms with Crippen molar-refractivity contribution >= 4 is 65.0 Å². The summed E-state index contributed by atoms with van der Waals surface area (Å²) < 4.78 is 2.60. The molecule has 0 spiro atoms. The quantitative estimate of drug-likeness (QED) is 0.523. The Hall–Kier alpha value is 0.490. The zero-order valence-corrected chi connectivity index (χ0v) is 12.3. The molecule has 0 bridgehead atoms. The summed E-state index contributed by atoms with van der Waals surface area (Å²) in [6.45, 7) is 0. The van der Waals surface area contributed by atoms with E-state index in [2.05, 4.69) is 55.6 Å². The predicted molar refractivity (Wildman–Crippen MR) is 73.9 cm³/mol. The number of hydrogen-bond donors (Lipinski definition) is 0. The Kier molecular flexibility index (Phi) is 3.58. The van der Waals surface area contributed by atoms with Crippen LogP contribution < -0.4 is 0 Å². The standard InChI is InChI=1S/C10H8Br2S2/c1-13-10-7(5-11)8(12)4-6-2-3-14-9(6)10/h2-4H,5H2,1H3. The number of halogens is 2. The summed E-state index contributed by atoms with van der Waals surface area (Å²) >= 11 is 10.8. The molecule has 0 aliphatic heterocycles. The van der Waals surface area contributed by atoms with Crippen LogP contribution >= 0.6 is 55.0 Å². The number of alkyl halides is 1. The fourth-order valence-electron chi connectivity index (χ4n) is 1.43. The van der Waals surface area contributed by atoms with Gasteiger partial charge >= 0.3 is 0 Å². The molecule has 0 nitrogen and oxygen atoms in total. The minimum absolute atomic E-state index is 0.900. The molecule has 1 aromatic heterocycles. The normalized spacial score (nSPS) is 11.1. The lowest BCUT2D eigenvalue weighted by Crippen LogP contribution is -1.85. The third-order valence-electron chi connectivity index (χ3n) is 2.08. The van der Waals surface area contributed by atoms with Crippen molar-refractivity contribution in [1.82, 2.24) is 0 Å². The van der Waals surface area contributed by atoms with Crippen molar-refractivity contribution in [3.8, 4) is 0 Å². The molecule has 0 unspecified atom stereocenters. The molecule has 0 amide bonds. The van der Waals surface area contributed by atoms with Gasteiger partial charge in [-0.05, 0) is 34.7 Å². The highest BCUT2D eigenvalue weighted by molar-refractivity contribution is 9.10. The van der Waals surface area contributed by atoms with E-state index < -0.39 is 0 Å². The molecule has 0 atom stereocenters. The van der Waals surface area contributed by atoms with E-state index in [9.17, 15) is 0 Å². The maximum Gasteiger partial charge on any atom is 0.0482 e. The lowest BCUT2D eigenvalue weighted by molar-refractivity contribution is 1.31. The zero-order chi connectivity index (χ0) is 10.1. The summed E-state index contributed by atoms with van der Waals surface area (Å²) in [7, 11) is 0. The predicted octanol–water partition coefficient (Wildman–Crippen LogP) is 5.28. The van der Waals surface area contributed by atoms with Crippen LogP contribution in [0.15, 0.2) is 26.9 Å². The molecular formula is C10H8Br2S2. The summed E-state index contributed by atoms with van der Waals surface area (Å²) in [4.78, 5) is 1.39. The van der Waals surface area contributed by atoms with Crippen LogP contribution in [0, 0.1) is 0 Å². The van der Waals surface area contributed by atoms with Crippen LogP contribution in [0.4, 0.5) is 0 Å². The average Bonchev–Trinajstić information content (AvgIpc) is 2.62. The van der Waals surface area contributed by atoms with Crippen molar-refractivity contribution in [2.24, 2.45) is 0 Å². The molecule has 4 heteroatoms. The van der Waals surface area contributed by atoms with Crippen molar-refractivity contribution in [3.63, 3.8) is 0 Å². The van der Waals surface area contributed by atoms with Gasteiger partial charge in [-0.3, -0.25) is 0 Å². The molecule has 0 aliphatic rings. The van der Waals surface area contributed by atoms with E-state index in [0.29, 0.717) is 0 Å². The van der Waals surface area contributed by atoms with Crippen LogP contribution in [0.5, 0.6) is 0 Å². The van der Waals surface area contributed by atoms with Crippen molar-refractivity contribution in [2.45, 2.75) is 10.2 Å². The maximum atomic E-state index is 3.62. The van der Waals surface area contributed by atoms with Gasteiger partial charge in [0, 0.05) is 19.4 Å². The number of rotatable bonds is 2. The molecule has 2 rings (SSSR count). The number of fused-ring (bicyclic) bond motifs is 1. The minimum Gasteiger partial charge on any atom is -0.143 e. The highest BCUT2D eigenvalue weighted by atomic mass is 79.9. The van der Waals surface area contributed by atoms with Gasteiger partial charge in [0.1, 0.15) is 0 Å². The molecule has 0 aliphatic carbocycles.